The van der Waals surface area contributed by atoms with E-state index in [1.165, 1.54) is 12.8 Å². The fourth-order valence-corrected chi connectivity index (χ4v) is 4.01. The summed E-state index contributed by atoms with van der Waals surface area (Å²) in [5, 5.41) is 0. The lowest BCUT2D eigenvalue weighted by Crippen LogP contribution is -2.36. The number of hydrogen-bond acceptors (Lipinski definition) is 4. The van der Waals surface area contributed by atoms with E-state index < -0.39 is 0 Å². The van der Waals surface area contributed by atoms with E-state index in [9.17, 15) is 9.59 Å². The molecular formula is C25H46O4. The van der Waals surface area contributed by atoms with Gasteiger partial charge in [0.1, 0.15) is 0 Å². The van der Waals surface area contributed by atoms with Crippen molar-refractivity contribution in [3.8, 4) is 0 Å². The molecule has 29 heavy (non-hydrogen) atoms. The molecule has 0 amide bonds. The first kappa shape index (κ1) is 26.0. The van der Waals surface area contributed by atoms with Gasteiger partial charge in [-0.1, -0.05) is 81.1 Å². The van der Waals surface area contributed by atoms with Gasteiger partial charge >= 0.3 is 11.9 Å². The number of esters is 2. The molecule has 0 aliphatic heterocycles. The van der Waals surface area contributed by atoms with Crippen molar-refractivity contribution in [2.24, 2.45) is 34.5 Å². The number of hydrogen-bond donors (Lipinski definition) is 0. The maximum absolute atomic E-state index is 13.1. The Hall–Kier alpha value is -1.06. The van der Waals surface area contributed by atoms with Crippen LogP contribution in [0.15, 0.2) is 0 Å². The van der Waals surface area contributed by atoms with Crippen LogP contribution in [0.3, 0.4) is 0 Å². The SMILES string of the molecule is CC(C)CCC1CCCCC1C(CC(=O)OCC(C)(C)C)C(=O)OCC(C)(C)C. The lowest BCUT2D eigenvalue weighted by Gasteiger charge is -2.36. The van der Waals surface area contributed by atoms with Crippen molar-refractivity contribution < 1.29 is 19.1 Å². The van der Waals surface area contributed by atoms with E-state index in [0.29, 0.717) is 25.0 Å². The Morgan fingerprint density at radius 1 is 0.897 bits per heavy atom. The van der Waals surface area contributed by atoms with Crippen LogP contribution in [0.5, 0.6) is 0 Å². The third-order valence-corrected chi connectivity index (χ3v) is 5.60. The van der Waals surface area contributed by atoms with Crippen molar-refractivity contribution in [1.29, 1.82) is 0 Å². The van der Waals surface area contributed by atoms with Gasteiger partial charge in [-0.25, -0.2) is 0 Å². The molecule has 0 saturated heterocycles. The Bertz CT molecular complexity index is 510. The zero-order valence-corrected chi connectivity index (χ0v) is 20.3. The molecule has 0 N–H and O–H groups in total. The Morgan fingerprint density at radius 2 is 1.45 bits per heavy atom. The van der Waals surface area contributed by atoms with Crippen LogP contribution in [0.1, 0.15) is 100 Å². The highest BCUT2D eigenvalue weighted by Crippen LogP contribution is 2.40. The van der Waals surface area contributed by atoms with Crippen molar-refractivity contribution in [2.45, 2.75) is 100 Å². The molecule has 1 aliphatic carbocycles. The number of carbonyl (C=O) groups excluding carboxylic acids is 2. The van der Waals surface area contributed by atoms with Gasteiger partial charge in [0.15, 0.2) is 0 Å². The van der Waals surface area contributed by atoms with Gasteiger partial charge in [0, 0.05) is 0 Å². The summed E-state index contributed by atoms with van der Waals surface area (Å²) in [5.41, 5.74) is -0.168. The molecule has 1 rings (SSSR count). The summed E-state index contributed by atoms with van der Waals surface area (Å²) in [4.78, 5) is 25.7. The number of rotatable bonds is 9. The molecule has 0 bridgehead atoms. The summed E-state index contributed by atoms with van der Waals surface area (Å²) < 4.78 is 11.2. The standard InChI is InChI=1S/C25H46O4/c1-18(2)13-14-19-11-9-10-12-20(19)21(23(27)29-17-25(6,7)8)15-22(26)28-16-24(3,4)5/h18-21H,9-17H2,1-8H3. The third kappa shape index (κ3) is 11.1. The predicted octanol–water partition coefficient (Wildman–Crippen LogP) is 6.41. The molecule has 1 saturated carbocycles. The highest BCUT2D eigenvalue weighted by atomic mass is 16.5. The summed E-state index contributed by atoms with van der Waals surface area (Å²) in [6, 6.07) is 0. The molecular weight excluding hydrogens is 364 g/mol. The van der Waals surface area contributed by atoms with Gasteiger partial charge in [-0.15, -0.1) is 0 Å². The molecule has 4 heteroatoms. The monoisotopic (exact) mass is 410 g/mol. The predicted molar refractivity (Wildman–Crippen MR) is 118 cm³/mol. The smallest absolute Gasteiger partial charge is 0.309 e. The summed E-state index contributed by atoms with van der Waals surface area (Å²) in [6.45, 7) is 17.5. The zero-order chi connectivity index (χ0) is 22.2. The fraction of sp³-hybridized carbons (Fsp3) is 0.920. The molecule has 0 aromatic rings. The first-order chi connectivity index (χ1) is 13.3. The van der Waals surface area contributed by atoms with E-state index in [2.05, 4.69) is 34.6 Å². The summed E-state index contributed by atoms with van der Waals surface area (Å²) in [7, 11) is 0. The molecule has 0 aromatic heterocycles. The van der Waals surface area contributed by atoms with Gasteiger partial charge in [-0.3, -0.25) is 9.59 Å². The van der Waals surface area contributed by atoms with Crippen LogP contribution < -0.4 is 0 Å². The van der Waals surface area contributed by atoms with Crippen LogP contribution in [-0.2, 0) is 19.1 Å². The lowest BCUT2D eigenvalue weighted by molar-refractivity contribution is -0.161. The molecule has 1 fully saturated rings. The Balaban J connectivity index is 2.91. The summed E-state index contributed by atoms with van der Waals surface area (Å²) in [6.07, 6.45) is 6.94. The van der Waals surface area contributed by atoms with Gasteiger partial charge < -0.3 is 9.47 Å². The average molecular weight is 411 g/mol. The molecule has 0 aromatic carbocycles. The summed E-state index contributed by atoms with van der Waals surface area (Å²) >= 11 is 0. The third-order valence-electron chi connectivity index (χ3n) is 5.60. The summed E-state index contributed by atoms with van der Waals surface area (Å²) in [5.74, 6) is 0.494. The fourth-order valence-electron chi connectivity index (χ4n) is 4.01. The van der Waals surface area contributed by atoms with Crippen LogP contribution in [0, 0.1) is 34.5 Å². The van der Waals surface area contributed by atoms with Crippen LogP contribution in [0.25, 0.3) is 0 Å². The minimum Gasteiger partial charge on any atom is -0.465 e. The first-order valence-electron chi connectivity index (χ1n) is 11.6. The van der Waals surface area contributed by atoms with E-state index in [4.69, 9.17) is 9.47 Å². The average Bonchev–Trinajstić information content (AvgIpc) is 2.60. The highest BCUT2D eigenvalue weighted by Gasteiger charge is 2.38. The second kappa shape index (κ2) is 11.4. The van der Waals surface area contributed by atoms with Crippen LogP contribution in [-0.4, -0.2) is 25.2 Å². The molecule has 0 spiro atoms. The normalized spacial score (nSPS) is 21.7. The topological polar surface area (TPSA) is 52.6 Å². The van der Waals surface area contributed by atoms with Crippen molar-refractivity contribution in [2.75, 3.05) is 13.2 Å². The zero-order valence-electron chi connectivity index (χ0n) is 20.3. The molecule has 0 heterocycles. The quantitative estimate of drug-likeness (QED) is 0.412. The Morgan fingerprint density at radius 3 is 2.00 bits per heavy atom. The van der Waals surface area contributed by atoms with E-state index in [1.54, 1.807) is 0 Å². The number of carbonyl (C=O) groups is 2. The second-order valence-corrected chi connectivity index (χ2v) is 11.9. The van der Waals surface area contributed by atoms with Gasteiger partial charge in [-0.2, -0.15) is 0 Å². The molecule has 170 valence electrons. The molecule has 4 nitrogen and oxygen atoms in total. The minimum atomic E-state index is -0.387. The van der Waals surface area contributed by atoms with Gasteiger partial charge in [0.25, 0.3) is 0 Å². The molecule has 0 radical (unpaired) electrons. The Labute approximate surface area is 179 Å². The maximum atomic E-state index is 13.1. The maximum Gasteiger partial charge on any atom is 0.309 e. The first-order valence-corrected chi connectivity index (χ1v) is 11.6. The van der Waals surface area contributed by atoms with Crippen molar-refractivity contribution in [3.63, 3.8) is 0 Å². The molecule has 1 aliphatic rings. The minimum absolute atomic E-state index is 0.0808. The van der Waals surface area contributed by atoms with E-state index in [-0.39, 0.29) is 41.0 Å². The number of ether oxygens (including phenoxy) is 2. The van der Waals surface area contributed by atoms with Crippen molar-refractivity contribution >= 4 is 11.9 Å². The van der Waals surface area contributed by atoms with E-state index in [1.807, 2.05) is 20.8 Å². The van der Waals surface area contributed by atoms with Gasteiger partial charge in [-0.05, 0) is 41.4 Å². The molecule has 3 atom stereocenters. The van der Waals surface area contributed by atoms with Gasteiger partial charge in [0.05, 0.1) is 25.6 Å². The molecule has 3 unspecified atom stereocenters. The highest BCUT2D eigenvalue weighted by molar-refractivity contribution is 5.80. The van der Waals surface area contributed by atoms with Crippen molar-refractivity contribution in [1.82, 2.24) is 0 Å². The Kier molecular flexibility index (Phi) is 10.2. The van der Waals surface area contributed by atoms with Crippen molar-refractivity contribution in [3.05, 3.63) is 0 Å². The van der Waals surface area contributed by atoms with Crippen LogP contribution >= 0.6 is 0 Å². The van der Waals surface area contributed by atoms with E-state index in [0.717, 1.165) is 25.7 Å². The van der Waals surface area contributed by atoms with Gasteiger partial charge in [0.2, 0.25) is 0 Å². The van der Waals surface area contributed by atoms with Crippen LogP contribution in [0.2, 0.25) is 0 Å². The largest absolute Gasteiger partial charge is 0.465 e. The lowest BCUT2D eigenvalue weighted by atomic mass is 9.69. The second-order valence-electron chi connectivity index (χ2n) is 11.9. The van der Waals surface area contributed by atoms with E-state index >= 15 is 0 Å². The van der Waals surface area contributed by atoms with Crippen LogP contribution in [0.4, 0.5) is 0 Å².